The Morgan fingerprint density at radius 3 is 2.69 bits per heavy atom. The van der Waals surface area contributed by atoms with Crippen LogP contribution >= 0.6 is 0 Å². The second-order valence-corrected chi connectivity index (χ2v) is 5.72. The molecule has 138 valence electrons. The molecule has 1 heterocycles. The molecule has 1 aromatic carbocycles. The number of hydrogen-bond acceptors (Lipinski definition) is 5. The SMILES string of the molecule is CCOc1cc(C(=O)NC(C)CC(=O)O)ccc1OCc1cccnc1. The van der Waals surface area contributed by atoms with E-state index in [9.17, 15) is 9.59 Å². The van der Waals surface area contributed by atoms with Gasteiger partial charge in [0.05, 0.1) is 13.0 Å². The number of hydrogen-bond donors (Lipinski definition) is 2. The van der Waals surface area contributed by atoms with Crippen molar-refractivity contribution in [3.8, 4) is 11.5 Å². The van der Waals surface area contributed by atoms with Crippen LogP contribution in [0.15, 0.2) is 42.7 Å². The molecule has 0 aliphatic heterocycles. The molecular formula is C19H22N2O5. The van der Waals surface area contributed by atoms with Gasteiger partial charge in [-0.3, -0.25) is 14.6 Å². The van der Waals surface area contributed by atoms with E-state index in [2.05, 4.69) is 10.3 Å². The third-order valence-corrected chi connectivity index (χ3v) is 3.48. The van der Waals surface area contributed by atoms with Gasteiger partial charge in [0, 0.05) is 29.6 Å². The molecule has 2 N–H and O–H groups in total. The van der Waals surface area contributed by atoms with Gasteiger partial charge in [0.15, 0.2) is 11.5 Å². The number of aromatic nitrogens is 1. The molecule has 0 aliphatic carbocycles. The predicted octanol–water partition coefficient (Wildman–Crippen LogP) is 2.65. The number of amides is 1. The van der Waals surface area contributed by atoms with Crippen LogP contribution in [0.5, 0.6) is 11.5 Å². The van der Waals surface area contributed by atoms with Crippen molar-refractivity contribution in [2.24, 2.45) is 0 Å². The summed E-state index contributed by atoms with van der Waals surface area (Å²) in [5.74, 6) is -0.355. The summed E-state index contributed by atoms with van der Waals surface area (Å²) in [6.45, 7) is 4.23. The zero-order valence-electron chi connectivity index (χ0n) is 14.8. The second kappa shape index (κ2) is 9.41. The van der Waals surface area contributed by atoms with Gasteiger partial charge in [-0.25, -0.2) is 0 Å². The summed E-state index contributed by atoms with van der Waals surface area (Å²) in [6.07, 6.45) is 3.26. The van der Waals surface area contributed by atoms with Gasteiger partial charge in [-0.05, 0) is 38.1 Å². The van der Waals surface area contributed by atoms with E-state index in [4.69, 9.17) is 14.6 Å². The summed E-state index contributed by atoms with van der Waals surface area (Å²) in [7, 11) is 0. The minimum Gasteiger partial charge on any atom is -0.490 e. The van der Waals surface area contributed by atoms with Crippen LogP contribution in [0.3, 0.4) is 0 Å². The molecule has 0 fully saturated rings. The first-order valence-corrected chi connectivity index (χ1v) is 8.30. The minimum absolute atomic E-state index is 0.142. The van der Waals surface area contributed by atoms with Crippen molar-refractivity contribution in [1.29, 1.82) is 0 Å². The number of nitrogens with zero attached hydrogens (tertiary/aromatic N) is 1. The Kier molecular flexibility index (Phi) is 6.96. The molecule has 7 nitrogen and oxygen atoms in total. The number of benzene rings is 1. The van der Waals surface area contributed by atoms with Gasteiger partial charge < -0.3 is 19.9 Å². The normalized spacial score (nSPS) is 11.5. The first kappa shape index (κ1) is 19.2. The summed E-state index contributed by atoms with van der Waals surface area (Å²) in [6, 6.07) is 8.12. The topological polar surface area (TPSA) is 97.8 Å². The number of pyridine rings is 1. The first-order chi connectivity index (χ1) is 12.5. The number of rotatable bonds is 9. The van der Waals surface area contributed by atoms with E-state index in [0.717, 1.165) is 5.56 Å². The minimum atomic E-state index is -0.966. The van der Waals surface area contributed by atoms with Crippen LogP contribution in [0.4, 0.5) is 0 Å². The molecule has 1 unspecified atom stereocenters. The molecule has 0 radical (unpaired) electrons. The number of carboxylic acids is 1. The lowest BCUT2D eigenvalue weighted by Gasteiger charge is -2.15. The summed E-state index contributed by atoms with van der Waals surface area (Å²) >= 11 is 0. The molecule has 1 amide bonds. The summed E-state index contributed by atoms with van der Waals surface area (Å²) in [5.41, 5.74) is 1.29. The van der Waals surface area contributed by atoms with E-state index in [1.54, 1.807) is 37.5 Å². The maximum absolute atomic E-state index is 12.3. The number of carbonyl (C=O) groups excluding carboxylic acids is 1. The molecule has 26 heavy (non-hydrogen) atoms. The van der Waals surface area contributed by atoms with Crippen LogP contribution in [0, 0.1) is 0 Å². The average molecular weight is 358 g/mol. The van der Waals surface area contributed by atoms with Crippen LogP contribution in [0.1, 0.15) is 36.2 Å². The monoisotopic (exact) mass is 358 g/mol. The zero-order chi connectivity index (χ0) is 18.9. The quantitative estimate of drug-likeness (QED) is 0.715. The second-order valence-electron chi connectivity index (χ2n) is 5.72. The van der Waals surface area contributed by atoms with Crippen molar-refractivity contribution in [3.05, 3.63) is 53.9 Å². The third kappa shape index (κ3) is 5.77. The summed E-state index contributed by atoms with van der Waals surface area (Å²) in [4.78, 5) is 27.0. The van der Waals surface area contributed by atoms with Gasteiger partial charge in [-0.15, -0.1) is 0 Å². The van der Waals surface area contributed by atoms with Crippen LogP contribution < -0.4 is 14.8 Å². The molecule has 1 aromatic heterocycles. The van der Waals surface area contributed by atoms with Crippen molar-refractivity contribution in [3.63, 3.8) is 0 Å². The first-order valence-electron chi connectivity index (χ1n) is 8.30. The van der Waals surface area contributed by atoms with Crippen LogP contribution in [-0.2, 0) is 11.4 Å². The highest BCUT2D eigenvalue weighted by Gasteiger charge is 2.15. The number of nitrogens with one attached hydrogen (secondary N) is 1. The standard InChI is InChI=1S/C19H22N2O5/c1-3-25-17-10-15(19(24)21-13(2)9-18(22)23)6-7-16(17)26-12-14-5-4-8-20-11-14/h4-8,10-11,13H,3,9,12H2,1-2H3,(H,21,24)(H,22,23). The number of carboxylic acid groups (broad SMARTS) is 1. The van der Waals surface area contributed by atoms with Crippen molar-refractivity contribution < 1.29 is 24.2 Å². The highest BCUT2D eigenvalue weighted by Crippen LogP contribution is 2.29. The molecule has 2 aromatic rings. The Bertz CT molecular complexity index is 749. The molecule has 0 saturated carbocycles. The lowest BCUT2D eigenvalue weighted by atomic mass is 10.1. The largest absolute Gasteiger partial charge is 0.490 e. The van der Waals surface area contributed by atoms with E-state index in [0.29, 0.717) is 30.3 Å². The summed E-state index contributed by atoms with van der Waals surface area (Å²) in [5, 5.41) is 11.4. The van der Waals surface area contributed by atoms with Crippen LogP contribution in [0.25, 0.3) is 0 Å². The Balaban J connectivity index is 2.09. The molecule has 0 aliphatic rings. The van der Waals surface area contributed by atoms with E-state index in [-0.39, 0.29) is 12.3 Å². The summed E-state index contributed by atoms with van der Waals surface area (Å²) < 4.78 is 11.3. The van der Waals surface area contributed by atoms with Gasteiger partial charge in [-0.2, -0.15) is 0 Å². The van der Waals surface area contributed by atoms with Gasteiger partial charge in [0.25, 0.3) is 5.91 Å². The molecule has 2 rings (SSSR count). The predicted molar refractivity (Wildman–Crippen MR) is 95.4 cm³/mol. The maximum atomic E-state index is 12.3. The van der Waals surface area contributed by atoms with Crippen molar-refractivity contribution in [2.45, 2.75) is 32.9 Å². The van der Waals surface area contributed by atoms with Crippen molar-refractivity contribution >= 4 is 11.9 Å². The fourth-order valence-electron chi connectivity index (χ4n) is 2.30. The molecule has 7 heteroatoms. The Morgan fingerprint density at radius 1 is 1.23 bits per heavy atom. The van der Waals surface area contributed by atoms with E-state index >= 15 is 0 Å². The Morgan fingerprint density at radius 2 is 2.04 bits per heavy atom. The van der Waals surface area contributed by atoms with Gasteiger partial charge in [-0.1, -0.05) is 6.07 Å². The molecule has 0 spiro atoms. The lowest BCUT2D eigenvalue weighted by Crippen LogP contribution is -2.34. The van der Waals surface area contributed by atoms with Gasteiger partial charge >= 0.3 is 5.97 Å². The smallest absolute Gasteiger partial charge is 0.305 e. The van der Waals surface area contributed by atoms with E-state index < -0.39 is 12.0 Å². The fraction of sp³-hybridized carbons (Fsp3) is 0.316. The fourth-order valence-corrected chi connectivity index (χ4v) is 2.30. The highest BCUT2D eigenvalue weighted by atomic mass is 16.5. The van der Waals surface area contributed by atoms with Crippen molar-refractivity contribution in [1.82, 2.24) is 10.3 Å². The third-order valence-electron chi connectivity index (χ3n) is 3.48. The Hall–Kier alpha value is -3.09. The van der Waals surface area contributed by atoms with Gasteiger partial charge in [0.2, 0.25) is 0 Å². The lowest BCUT2D eigenvalue weighted by molar-refractivity contribution is -0.137. The highest BCUT2D eigenvalue weighted by molar-refractivity contribution is 5.95. The maximum Gasteiger partial charge on any atom is 0.305 e. The van der Waals surface area contributed by atoms with E-state index in [1.165, 1.54) is 0 Å². The number of ether oxygens (including phenoxy) is 2. The van der Waals surface area contributed by atoms with Crippen LogP contribution in [-0.4, -0.2) is 34.6 Å². The zero-order valence-corrected chi connectivity index (χ0v) is 14.8. The molecule has 0 bridgehead atoms. The van der Waals surface area contributed by atoms with Crippen LogP contribution in [0.2, 0.25) is 0 Å². The average Bonchev–Trinajstić information content (AvgIpc) is 2.61. The van der Waals surface area contributed by atoms with Gasteiger partial charge in [0.1, 0.15) is 6.61 Å². The van der Waals surface area contributed by atoms with Crippen molar-refractivity contribution in [2.75, 3.05) is 6.61 Å². The Labute approximate surface area is 152 Å². The molecule has 1 atom stereocenters. The molecule has 0 saturated heterocycles. The molecular weight excluding hydrogens is 336 g/mol. The van der Waals surface area contributed by atoms with E-state index in [1.807, 2.05) is 19.1 Å². The number of aliphatic carboxylic acids is 1. The number of carbonyl (C=O) groups is 2.